The van der Waals surface area contributed by atoms with Gasteiger partial charge in [0, 0.05) is 6.04 Å². The highest BCUT2D eigenvalue weighted by atomic mass is 79.9. The molecule has 0 bridgehead atoms. The summed E-state index contributed by atoms with van der Waals surface area (Å²) in [5, 5.41) is 0. The molecule has 1 heterocycles. The van der Waals surface area contributed by atoms with Gasteiger partial charge in [0.25, 0.3) is 0 Å². The Kier molecular flexibility index (Phi) is 5.72. The van der Waals surface area contributed by atoms with Crippen LogP contribution in [0.25, 0.3) is 0 Å². The number of hydrogen-bond donors (Lipinski definition) is 1. The lowest BCUT2D eigenvalue weighted by molar-refractivity contribution is 0.143. The molecule has 0 amide bonds. The summed E-state index contributed by atoms with van der Waals surface area (Å²) in [7, 11) is 1.62. The third-order valence-electron chi connectivity index (χ3n) is 3.14. The predicted molar refractivity (Wildman–Crippen MR) is 88.7 cm³/mol. The molecule has 0 aliphatic carbocycles. The van der Waals surface area contributed by atoms with Crippen molar-refractivity contribution < 1.29 is 13.9 Å². The summed E-state index contributed by atoms with van der Waals surface area (Å²) < 4.78 is 18.4. The van der Waals surface area contributed by atoms with E-state index in [-0.39, 0.29) is 12.1 Å². The molecule has 6 heteroatoms. The summed E-state index contributed by atoms with van der Waals surface area (Å²) in [6, 6.07) is 7.22. The summed E-state index contributed by atoms with van der Waals surface area (Å²) >= 11 is 6.94. The maximum atomic E-state index is 6.16. The van der Waals surface area contributed by atoms with Crippen LogP contribution in [0.4, 0.5) is 0 Å². The Bertz CT molecular complexity index is 587. The van der Waals surface area contributed by atoms with Crippen LogP contribution in [0.3, 0.4) is 0 Å². The van der Waals surface area contributed by atoms with Crippen molar-refractivity contribution in [1.29, 1.82) is 0 Å². The Morgan fingerprint density at radius 3 is 2.48 bits per heavy atom. The van der Waals surface area contributed by atoms with E-state index in [1.807, 2.05) is 31.2 Å². The molecule has 0 spiro atoms. The van der Waals surface area contributed by atoms with Crippen LogP contribution in [-0.2, 0) is 0 Å². The average molecular weight is 419 g/mol. The Hall–Kier alpha value is -0.980. The molecule has 0 aliphatic rings. The van der Waals surface area contributed by atoms with E-state index in [0.29, 0.717) is 11.5 Å². The Balaban J connectivity index is 2.31. The third kappa shape index (κ3) is 3.81. The molecule has 114 valence electrons. The Morgan fingerprint density at radius 1 is 1.24 bits per heavy atom. The fraction of sp³-hybridized carbons (Fsp3) is 0.333. The number of rotatable bonds is 6. The van der Waals surface area contributed by atoms with Crippen molar-refractivity contribution in [1.82, 2.24) is 0 Å². The fourth-order valence-electron chi connectivity index (χ4n) is 1.92. The number of halogens is 2. The van der Waals surface area contributed by atoms with Gasteiger partial charge < -0.3 is 19.6 Å². The molecule has 2 unspecified atom stereocenters. The highest BCUT2D eigenvalue weighted by molar-refractivity contribution is 9.11. The van der Waals surface area contributed by atoms with E-state index < -0.39 is 0 Å². The predicted octanol–water partition coefficient (Wildman–Crippen LogP) is 4.67. The number of methoxy groups -OCH3 is 1. The molecular formula is C15H17Br2NO3. The van der Waals surface area contributed by atoms with Crippen molar-refractivity contribution in [2.75, 3.05) is 7.11 Å². The minimum absolute atomic E-state index is 0.163. The van der Waals surface area contributed by atoms with Gasteiger partial charge in [-0.15, -0.1) is 0 Å². The summed E-state index contributed by atoms with van der Waals surface area (Å²) in [6.45, 7) is 2.02. The lowest BCUT2D eigenvalue weighted by Gasteiger charge is -2.23. The zero-order valence-electron chi connectivity index (χ0n) is 11.8. The van der Waals surface area contributed by atoms with E-state index in [4.69, 9.17) is 19.6 Å². The van der Waals surface area contributed by atoms with Gasteiger partial charge in [0.05, 0.1) is 22.3 Å². The number of hydrogen-bond acceptors (Lipinski definition) is 4. The second-order valence-corrected chi connectivity index (χ2v) is 6.25. The molecule has 0 fully saturated rings. The minimum atomic E-state index is -0.346. The molecule has 2 aromatic rings. The van der Waals surface area contributed by atoms with Crippen LogP contribution in [0.2, 0.25) is 0 Å². The molecule has 0 radical (unpaired) electrons. The number of nitrogens with two attached hydrogens (primary N) is 1. The highest BCUT2D eigenvalue weighted by Crippen LogP contribution is 2.38. The van der Waals surface area contributed by atoms with Crippen LogP contribution < -0.4 is 15.2 Å². The van der Waals surface area contributed by atoms with E-state index in [2.05, 4.69) is 31.9 Å². The van der Waals surface area contributed by atoms with Gasteiger partial charge in [-0.2, -0.15) is 0 Å². The second-order valence-electron chi connectivity index (χ2n) is 4.54. The zero-order chi connectivity index (χ0) is 15.4. The largest absolute Gasteiger partial charge is 0.496 e. The maximum absolute atomic E-state index is 6.16. The number of benzene rings is 1. The fourth-order valence-corrected chi connectivity index (χ4v) is 2.82. The summed E-state index contributed by atoms with van der Waals surface area (Å²) in [4.78, 5) is 0. The first kappa shape index (κ1) is 16.4. The summed E-state index contributed by atoms with van der Waals surface area (Å²) in [6.07, 6.45) is 2.05. The molecule has 1 aromatic carbocycles. The minimum Gasteiger partial charge on any atom is -0.496 e. The zero-order valence-corrected chi connectivity index (χ0v) is 15.0. The van der Waals surface area contributed by atoms with E-state index in [9.17, 15) is 0 Å². The second kappa shape index (κ2) is 7.33. The van der Waals surface area contributed by atoms with Crippen LogP contribution >= 0.6 is 31.9 Å². The van der Waals surface area contributed by atoms with Crippen molar-refractivity contribution in [3.05, 3.63) is 45.2 Å². The van der Waals surface area contributed by atoms with E-state index >= 15 is 0 Å². The highest BCUT2D eigenvalue weighted by Gasteiger charge is 2.24. The van der Waals surface area contributed by atoms with E-state index in [1.54, 1.807) is 13.4 Å². The quantitative estimate of drug-likeness (QED) is 0.740. The third-order valence-corrected chi connectivity index (χ3v) is 4.38. The summed E-state index contributed by atoms with van der Waals surface area (Å²) in [5.41, 5.74) is 6.16. The molecule has 0 saturated heterocycles. The van der Waals surface area contributed by atoms with Gasteiger partial charge in [0.2, 0.25) is 0 Å². The molecule has 2 atom stereocenters. The maximum Gasteiger partial charge on any atom is 0.171 e. The molecule has 4 nitrogen and oxygen atoms in total. The van der Waals surface area contributed by atoms with Crippen LogP contribution in [0.1, 0.15) is 25.2 Å². The van der Waals surface area contributed by atoms with Crippen LogP contribution in [0, 0.1) is 0 Å². The molecule has 2 rings (SSSR count). The monoisotopic (exact) mass is 417 g/mol. The molecule has 2 N–H and O–H groups in total. The molecule has 1 aromatic heterocycles. The Labute approximate surface area is 140 Å². The van der Waals surface area contributed by atoms with Gasteiger partial charge in [0.15, 0.2) is 6.10 Å². The number of ether oxygens (including phenoxy) is 2. The van der Waals surface area contributed by atoms with Crippen LogP contribution in [0.5, 0.6) is 11.5 Å². The first-order valence-electron chi connectivity index (χ1n) is 6.55. The van der Waals surface area contributed by atoms with Crippen molar-refractivity contribution in [3.8, 4) is 11.5 Å². The topological polar surface area (TPSA) is 57.6 Å². The Morgan fingerprint density at radius 2 is 1.90 bits per heavy atom. The SMILES string of the molecule is CCC(N)C(Oc1cc(Br)c(OC)cc1Br)c1ccco1. The van der Waals surface area contributed by atoms with Crippen molar-refractivity contribution in [2.45, 2.75) is 25.5 Å². The van der Waals surface area contributed by atoms with Gasteiger partial charge >= 0.3 is 0 Å². The van der Waals surface area contributed by atoms with E-state index in [0.717, 1.165) is 21.1 Å². The van der Waals surface area contributed by atoms with Crippen molar-refractivity contribution >= 4 is 31.9 Å². The molecule has 0 saturated carbocycles. The van der Waals surface area contributed by atoms with E-state index in [1.165, 1.54) is 0 Å². The lowest BCUT2D eigenvalue weighted by atomic mass is 10.1. The molecule has 21 heavy (non-hydrogen) atoms. The first-order chi connectivity index (χ1) is 10.1. The van der Waals surface area contributed by atoms with Gasteiger partial charge in [0.1, 0.15) is 17.3 Å². The smallest absolute Gasteiger partial charge is 0.171 e. The van der Waals surface area contributed by atoms with Crippen LogP contribution in [0.15, 0.2) is 43.9 Å². The van der Waals surface area contributed by atoms with Gasteiger partial charge in [-0.05, 0) is 62.5 Å². The summed E-state index contributed by atoms with van der Waals surface area (Å²) in [5.74, 6) is 2.11. The normalized spacial score (nSPS) is 13.8. The molecule has 0 aliphatic heterocycles. The standard InChI is InChI=1S/C15H17Br2NO3/c1-3-11(18)15(12-5-4-6-20-12)21-14-8-9(16)13(19-2)7-10(14)17/h4-8,11,15H,3,18H2,1-2H3. The average Bonchev–Trinajstić information content (AvgIpc) is 3.00. The van der Waals surface area contributed by atoms with Gasteiger partial charge in [-0.3, -0.25) is 0 Å². The van der Waals surface area contributed by atoms with Gasteiger partial charge in [-0.1, -0.05) is 6.92 Å². The van der Waals surface area contributed by atoms with Crippen molar-refractivity contribution in [2.24, 2.45) is 5.73 Å². The molecular weight excluding hydrogens is 402 g/mol. The lowest BCUT2D eigenvalue weighted by Crippen LogP contribution is -2.31. The number of furan rings is 1. The van der Waals surface area contributed by atoms with Crippen LogP contribution in [-0.4, -0.2) is 13.2 Å². The van der Waals surface area contributed by atoms with Gasteiger partial charge in [-0.25, -0.2) is 0 Å². The van der Waals surface area contributed by atoms with Crippen molar-refractivity contribution in [3.63, 3.8) is 0 Å². The first-order valence-corrected chi connectivity index (χ1v) is 8.14.